The summed E-state index contributed by atoms with van der Waals surface area (Å²) >= 11 is 0. The lowest BCUT2D eigenvalue weighted by atomic mass is 9.48. The van der Waals surface area contributed by atoms with Gasteiger partial charge in [-0.3, -0.25) is 0 Å². The molecule has 0 radical (unpaired) electrons. The Kier molecular flexibility index (Phi) is 11.0. The summed E-state index contributed by atoms with van der Waals surface area (Å²) in [5, 5.41) is 0. The van der Waals surface area contributed by atoms with Crippen LogP contribution >= 0.6 is 0 Å². The molecule has 19 rings (SSSR count). The predicted molar refractivity (Wildman–Crippen MR) is 353 cm³/mol. The van der Waals surface area contributed by atoms with E-state index in [2.05, 4.69) is 308 Å². The molecular weight excluding hydrogens is 1030 g/mol. The van der Waals surface area contributed by atoms with Gasteiger partial charge in [0, 0.05) is 17.1 Å². The molecule has 0 spiro atoms. The van der Waals surface area contributed by atoms with Gasteiger partial charge in [-0.05, 0) is 204 Å². The molecule has 4 fully saturated rings. The minimum atomic E-state index is -0.598. The second-order valence-electron chi connectivity index (χ2n) is 26.0. The van der Waals surface area contributed by atoms with Crippen molar-refractivity contribution >= 4 is 17.1 Å². The third-order valence-electron chi connectivity index (χ3n) is 21.9. The maximum Gasteiger partial charge on any atom is 0.0714 e. The van der Waals surface area contributed by atoms with E-state index in [1.54, 1.807) is 5.56 Å². The lowest BCUT2D eigenvalue weighted by Crippen LogP contribution is -2.48. The summed E-state index contributed by atoms with van der Waals surface area (Å²) in [6.07, 6.45) is 8.40. The fourth-order valence-corrected chi connectivity index (χ4v) is 19.0. The first-order valence-corrected chi connectivity index (χ1v) is 31.5. The molecule has 1 unspecified atom stereocenters. The monoisotopic (exact) mass is 1100 g/mol. The summed E-state index contributed by atoms with van der Waals surface area (Å²) in [7, 11) is 0. The second kappa shape index (κ2) is 19.0. The van der Waals surface area contributed by atoms with Gasteiger partial charge in [-0.1, -0.05) is 267 Å². The first kappa shape index (κ1) is 49.8. The molecule has 12 aromatic carbocycles. The molecule has 7 aliphatic rings. The van der Waals surface area contributed by atoms with E-state index in [0.29, 0.717) is 5.41 Å². The average molecular weight is 1100 g/mol. The van der Waals surface area contributed by atoms with Crippen molar-refractivity contribution in [1.82, 2.24) is 0 Å². The van der Waals surface area contributed by atoms with Gasteiger partial charge in [-0.2, -0.15) is 0 Å². The number of benzene rings is 12. The molecule has 0 amide bonds. The van der Waals surface area contributed by atoms with Gasteiger partial charge < -0.3 is 4.90 Å². The quantitative estimate of drug-likeness (QED) is 0.132. The molecule has 0 saturated heterocycles. The van der Waals surface area contributed by atoms with Crippen LogP contribution in [0.5, 0.6) is 0 Å². The highest BCUT2D eigenvalue weighted by Gasteiger charge is 2.53. The predicted octanol–water partition coefficient (Wildman–Crippen LogP) is 20.7. The van der Waals surface area contributed by atoms with E-state index in [1.807, 2.05) is 0 Å². The van der Waals surface area contributed by atoms with E-state index in [-0.39, 0.29) is 0 Å². The number of rotatable bonds is 10. The third kappa shape index (κ3) is 6.89. The zero-order valence-electron chi connectivity index (χ0n) is 48.3. The fourth-order valence-electron chi connectivity index (χ4n) is 19.0. The summed E-state index contributed by atoms with van der Waals surface area (Å²) in [5.41, 5.74) is 26.5. The Bertz CT molecular complexity index is 4300. The topological polar surface area (TPSA) is 3.24 Å². The maximum absolute atomic E-state index is 2.60. The number of anilines is 3. The number of fused-ring (bicyclic) bond motifs is 9. The summed E-state index contributed by atoms with van der Waals surface area (Å²) < 4.78 is 0. The summed E-state index contributed by atoms with van der Waals surface area (Å²) in [4.78, 5) is 2.60. The van der Waals surface area contributed by atoms with Gasteiger partial charge in [-0.15, -0.1) is 0 Å². The van der Waals surface area contributed by atoms with Gasteiger partial charge in [0.25, 0.3) is 0 Å². The van der Waals surface area contributed by atoms with Gasteiger partial charge in [0.1, 0.15) is 0 Å². The standard InChI is InChI=1S/C85H65N/c1-6-22-61(23-7-1)83(62-24-8-2-9-25-62)76-35-19-16-32-70(76)73-45-42-67(51-79(73)83)86(68-43-46-74-71-33-17-20-36-77(71)84(80(74)52-68,63-26-10-3-11-27-63)64-28-12-4-13-29-64)69-44-47-75-72-34-18-21-37-78(72)85(81(75)53-69,65-30-14-5-15-31-65)66-40-38-60(39-41-66)82-54-57-48-58(55-82)50-59(49-57)56-82/h1-47,51-53,57-59H,48-50,54-56H2. The number of nitrogens with zero attached hydrogens (tertiary/aromatic N) is 1. The largest absolute Gasteiger partial charge is 0.310 e. The Morgan fingerprint density at radius 1 is 0.221 bits per heavy atom. The molecule has 12 aromatic rings. The van der Waals surface area contributed by atoms with Crippen molar-refractivity contribution in [2.75, 3.05) is 4.90 Å². The molecule has 0 heterocycles. The summed E-state index contributed by atoms with van der Waals surface area (Å²) in [5.74, 6) is 2.65. The van der Waals surface area contributed by atoms with Crippen molar-refractivity contribution in [3.05, 3.63) is 376 Å². The Labute approximate surface area is 506 Å². The second-order valence-corrected chi connectivity index (χ2v) is 26.0. The van der Waals surface area contributed by atoms with Crippen LogP contribution in [0.15, 0.2) is 303 Å². The Morgan fingerprint density at radius 2 is 0.465 bits per heavy atom. The van der Waals surface area contributed by atoms with Crippen molar-refractivity contribution in [1.29, 1.82) is 0 Å². The van der Waals surface area contributed by atoms with Crippen LogP contribution in [0.2, 0.25) is 0 Å². The van der Waals surface area contributed by atoms with E-state index >= 15 is 0 Å². The van der Waals surface area contributed by atoms with Crippen LogP contribution in [0.4, 0.5) is 17.1 Å². The molecule has 0 aromatic heterocycles. The van der Waals surface area contributed by atoms with Crippen molar-refractivity contribution < 1.29 is 0 Å². The molecule has 86 heavy (non-hydrogen) atoms. The average Bonchev–Trinajstić information content (AvgIpc) is 1.62. The number of hydrogen-bond acceptors (Lipinski definition) is 1. The SMILES string of the molecule is c1ccc(C2(c3ccccc3)c3ccccc3-c3ccc(N(c4ccc5c(c4)C(c4ccccc4)(c4ccccc4)c4ccccc4-5)c4ccc5c(c4)C(c4ccccc4)(c4ccc(C67CC8CC(CC(C8)C6)C7)cc4)c4ccccc4-5)cc32)cc1. The zero-order valence-corrected chi connectivity index (χ0v) is 48.3. The van der Waals surface area contributed by atoms with Crippen LogP contribution in [0.25, 0.3) is 33.4 Å². The van der Waals surface area contributed by atoms with Gasteiger partial charge in [0.2, 0.25) is 0 Å². The molecular formula is C85H65N. The van der Waals surface area contributed by atoms with Crippen LogP contribution < -0.4 is 4.90 Å². The van der Waals surface area contributed by atoms with Crippen molar-refractivity contribution in [2.24, 2.45) is 17.8 Å². The highest BCUT2D eigenvalue weighted by molar-refractivity contribution is 5.94. The van der Waals surface area contributed by atoms with Gasteiger partial charge >= 0.3 is 0 Å². The van der Waals surface area contributed by atoms with Crippen molar-refractivity contribution in [2.45, 2.75) is 60.2 Å². The lowest BCUT2D eigenvalue weighted by molar-refractivity contribution is -0.00519. The molecule has 7 aliphatic carbocycles. The number of hydrogen-bond donors (Lipinski definition) is 0. The lowest BCUT2D eigenvalue weighted by Gasteiger charge is -2.57. The van der Waals surface area contributed by atoms with E-state index in [4.69, 9.17) is 0 Å². The molecule has 0 aliphatic heterocycles. The van der Waals surface area contributed by atoms with Crippen LogP contribution in [-0.2, 0) is 21.7 Å². The third-order valence-corrected chi connectivity index (χ3v) is 21.9. The first-order valence-electron chi connectivity index (χ1n) is 31.5. The zero-order chi connectivity index (χ0) is 56.6. The molecule has 1 atom stereocenters. The highest BCUT2D eigenvalue weighted by Crippen LogP contribution is 2.64. The van der Waals surface area contributed by atoms with Crippen LogP contribution in [-0.4, -0.2) is 0 Å². The van der Waals surface area contributed by atoms with E-state index in [9.17, 15) is 0 Å². The van der Waals surface area contributed by atoms with E-state index in [1.165, 1.54) is 139 Å². The molecule has 410 valence electrons. The van der Waals surface area contributed by atoms with Gasteiger partial charge in [-0.25, -0.2) is 0 Å². The van der Waals surface area contributed by atoms with Crippen molar-refractivity contribution in [3.8, 4) is 33.4 Å². The van der Waals surface area contributed by atoms with E-state index < -0.39 is 16.2 Å². The summed E-state index contributed by atoms with van der Waals surface area (Å²) in [6, 6.07) is 117. The molecule has 1 heteroatoms. The maximum atomic E-state index is 2.60. The minimum absolute atomic E-state index is 0.304. The van der Waals surface area contributed by atoms with Gasteiger partial charge in [0.15, 0.2) is 0 Å². The van der Waals surface area contributed by atoms with Crippen LogP contribution in [0, 0.1) is 17.8 Å². The minimum Gasteiger partial charge on any atom is -0.310 e. The smallest absolute Gasteiger partial charge is 0.0714 e. The van der Waals surface area contributed by atoms with E-state index in [0.717, 1.165) is 34.8 Å². The normalized spacial score (nSPS) is 21.6. The van der Waals surface area contributed by atoms with Crippen molar-refractivity contribution in [3.63, 3.8) is 0 Å². The fraction of sp³-hybridized carbons (Fsp3) is 0.153. The Balaban J connectivity index is 0.903. The van der Waals surface area contributed by atoms with Crippen LogP contribution in [0.1, 0.15) is 111 Å². The molecule has 1 nitrogen and oxygen atoms in total. The molecule has 0 N–H and O–H groups in total. The van der Waals surface area contributed by atoms with Gasteiger partial charge in [0.05, 0.1) is 16.2 Å². The Morgan fingerprint density at radius 3 is 0.767 bits per heavy atom. The Hall–Kier alpha value is -9.56. The highest BCUT2D eigenvalue weighted by atomic mass is 15.1. The van der Waals surface area contributed by atoms with Crippen LogP contribution in [0.3, 0.4) is 0 Å². The summed E-state index contributed by atoms with van der Waals surface area (Å²) in [6.45, 7) is 0. The first-order chi connectivity index (χ1) is 42.6. The molecule has 4 saturated carbocycles. The molecule has 4 bridgehead atoms.